The van der Waals surface area contributed by atoms with Crippen molar-refractivity contribution in [1.82, 2.24) is 0 Å². The van der Waals surface area contributed by atoms with Crippen LogP contribution in [0.1, 0.15) is 12.8 Å². The summed E-state index contributed by atoms with van der Waals surface area (Å²) in [6.07, 6.45) is 1.02. The van der Waals surface area contributed by atoms with Gasteiger partial charge in [0.15, 0.2) is 0 Å². The van der Waals surface area contributed by atoms with Crippen LogP contribution < -0.4 is 5.32 Å². The van der Waals surface area contributed by atoms with Gasteiger partial charge in [-0.25, -0.2) is 0 Å². The van der Waals surface area contributed by atoms with Crippen molar-refractivity contribution in [2.45, 2.75) is 25.0 Å². The molecule has 5 nitrogen and oxygen atoms in total. The molecule has 0 saturated heterocycles. The molecular formula is C10H11BrN2O3. The largest absolute Gasteiger partial charge is 0.393 e. The van der Waals surface area contributed by atoms with Crippen LogP contribution in [-0.2, 0) is 0 Å². The van der Waals surface area contributed by atoms with Crippen molar-refractivity contribution < 1.29 is 10.0 Å². The highest BCUT2D eigenvalue weighted by molar-refractivity contribution is 9.10. The molecule has 1 fully saturated rings. The van der Waals surface area contributed by atoms with Gasteiger partial charge in [0.2, 0.25) is 0 Å². The number of hydrogen-bond donors (Lipinski definition) is 2. The molecular weight excluding hydrogens is 276 g/mol. The fourth-order valence-electron chi connectivity index (χ4n) is 1.70. The first-order valence-electron chi connectivity index (χ1n) is 4.95. The van der Waals surface area contributed by atoms with Crippen molar-refractivity contribution in [1.29, 1.82) is 0 Å². The van der Waals surface area contributed by atoms with E-state index in [1.165, 1.54) is 6.07 Å². The fourth-order valence-corrected chi connectivity index (χ4v) is 2.05. The lowest BCUT2D eigenvalue weighted by Gasteiger charge is -2.32. The number of nitro groups is 1. The summed E-state index contributed by atoms with van der Waals surface area (Å²) in [4.78, 5) is 10.4. The van der Waals surface area contributed by atoms with E-state index < -0.39 is 4.92 Å². The Bertz CT molecular complexity index is 419. The molecule has 6 heteroatoms. The van der Waals surface area contributed by atoms with Crippen LogP contribution >= 0.6 is 15.9 Å². The molecule has 0 heterocycles. The molecule has 1 saturated carbocycles. The van der Waals surface area contributed by atoms with Gasteiger partial charge in [-0.15, -0.1) is 0 Å². The average Bonchev–Trinajstić information content (AvgIpc) is 2.17. The molecule has 0 amide bonds. The van der Waals surface area contributed by atoms with Crippen LogP contribution in [-0.4, -0.2) is 22.2 Å². The second-order valence-electron chi connectivity index (χ2n) is 3.89. The minimum atomic E-state index is -0.414. The van der Waals surface area contributed by atoms with Gasteiger partial charge in [0.1, 0.15) is 5.69 Å². The molecule has 2 N–H and O–H groups in total. The second kappa shape index (κ2) is 4.39. The van der Waals surface area contributed by atoms with Crippen LogP contribution in [0, 0.1) is 10.1 Å². The van der Waals surface area contributed by atoms with Gasteiger partial charge in [-0.05, 0) is 25.0 Å². The van der Waals surface area contributed by atoms with Gasteiger partial charge in [0.05, 0.1) is 11.0 Å². The number of benzene rings is 1. The Morgan fingerprint density at radius 2 is 2.19 bits per heavy atom. The summed E-state index contributed by atoms with van der Waals surface area (Å²) in [5.74, 6) is 0. The maximum Gasteiger partial charge on any atom is 0.293 e. The van der Waals surface area contributed by atoms with E-state index in [0.717, 1.165) is 0 Å². The summed E-state index contributed by atoms with van der Waals surface area (Å²) >= 11 is 3.20. The van der Waals surface area contributed by atoms with Crippen molar-refractivity contribution >= 4 is 27.3 Å². The number of aliphatic hydroxyl groups is 1. The average molecular weight is 287 g/mol. The molecule has 2 rings (SSSR count). The summed E-state index contributed by atoms with van der Waals surface area (Å²) in [6, 6.07) is 5.03. The van der Waals surface area contributed by atoms with Gasteiger partial charge < -0.3 is 10.4 Å². The van der Waals surface area contributed by atoms with E-state index in [4.69, 9.17) is 5.11 Å². The number of nitrogens with zero attached hydrogens (tertiary/aromatic N) is 1. The Hall–Kier alpha value is -1.14. The first kappa shape index (κ1) is 11.3. The summed E-state index contributed by atoms with van der Waals surface area (Å²) in [6.45, 7) is 0. The topological polar surface area (TPSA) is 75.4 Å². The fraction of sp³-hybridized carbons (Fsp3) is 0.400. The van der Waals surface area contributed by atoms with Crippen molar-refractivity contribution in [3.63, 3.8) is 0 Å². The maximum atomic E-state index is 10.8. The van der Waals surface area contributed by atoms with Gasteiger partial charge in [-0.3, -0.25) is 10.1 Å². The zero-order valence-corrected chi connectivity index (χ0v) is 9.98. The monoisotopic (exact) mass is 286 g/mol. The number of hydrogen-bond acceptors (Lipinski definition) is 4. The number of halogens is 1. The lowest BCUT2D eigenvalue weighted by Crippen LogP contribution is -2.39. The summed E-state index contributed by atoms with van der Waals surface area (Å²) < 4.78 is 0.679. The van der Waals surface area contributed by atoms with Crippen LogP contribution in [0.15, 0.2) is 22.7 Å². The van der Waals surface area contributed by atoms with Crippen LogP contribution in [0.3, 0.4) is 0 Å². The van der Waals surface area contributed by atoms with E-state index in [1.807, 2.05) is 0 Å². The van der Waals surface area contributed by atoms with Gasteiger partial charge in [-0.1, -0.05) is 15.9 Å². The van der Waals surface area contributed by atoms with E-state index in [1.54, 1.807) is 12.1 Å². The summed E-state index contributed by atoms with van der Waals surface area (Å²) in [7, 11) is 0. The number of aliphatic hydroxyl groups excluding tert-OH is 1. The third-order valence-electron chi connectivity index (χ3n) is 2.63. The molecule has 1 aromatic rings. The van der Waals surface area contributed by atoms with Gasteiger partial charge in [0, 0.05) is 16.6 Å². The zero-order valence-electron chi connectivity index (χ0n) is 8.39. The molecule has 86 valence electrons. The van der Waals surface area contributed by atoms with E-state index >= 15 is 0 Å². The van der Waals surface area contributed by atoms with Crippen molar-refractivity contribution in [2.24, 2.45) is 0 Å². The number of nitro benzene ring substituents is 1. The number of anilines is 1. The first-order valence-corrected chi connectivity index (χ1v) is 5.74. The molecule has 16 heavy (non-hydrogen) atoms. The van der Waals surface area contributed by atoms with E-state index in [-0.39, 0.29) is 17.8 Å². The van der Waals surface area contributed by atoms with Crippen molar-refractivity contribution in [3.8, 4) is 0 Å². The second-order valence-corrected chi connectivity index (χ2v) is 4.80. The van der Waals surface area contributed by atoms with E-state index in [0.29, 0.717) is 23.0 Å². The van der Waals surface area contributed by atoms with Gasteiger partial charge in [0.25, 0.3) is 5.69 Å². The van der Waals surface area contributed by atoms with Crippen molar-refractivity contribution in [2.75, 3.05) is 5.32 Å². The SMILES string of the molecule is O=[N+]([O-])c1cc(Br)ccc1NC1CC(O)C1. The normalized spacial score (nSPS) is 23.6. The lowest BCUT2D eigenvalue weighted by atomic mass is 9.89. The summed E-state index contributed by atoms with van der Waals surface area (Å²) in [5.41, 5.74) is 0.556. The molecule has 1 aliphatic rings. The molecule has 0 aromatic heterocycles. The number of nitrogens with one attached hydrogen (secondary N) is 1. The minimum absolute atomic E-state index is 0.0516. The van der Waals surface area contributed by atoms with Crippen molar-refractivity contribution in [3.05, 3.63) is 32.8 Å². The molecule has 0 bridgehead atoms. The minimum Gasteiger partial charge on any atom is -0.393 e. The predicted octanol–water partition coefficient (Wildman–Crippen LogP) is 2.29. The lowest BCUT2D eigenvalue weighted by molar-refractivity contribution is -0.384. The maximum absolute atomic E-state index is 10.8. The standard InChI is InChI=1S/C10H11BrN2O3/c11-6-1-2-9(10(3-6)13(15)16)12-7-4-8(14)5-7/h1-3,7-8,12,14H,4-5H2. The Kier molecular flexibility index (Phi) is 3.11. The molecule has 0 radical (unpaired) electrons. The molecule has 0 spiro atoms. The van der Waals surface area contributed by atoms with Gasteiger partial charge >= 0.3 is 0 Å². The number of rotatable bonds is 3. The molecule has 0 unspecified atom stereocenters. The smallest absolute Gasteiger partial charge is 0.293 e. The van der Waals surface area contributed by atoms with E-state index in [9.17, 15) is 10.1 Å². The molecule has 1 aliphatic carbocycles. The van der Waals surface area contributed by atoms with Crippen LogP contribution in [0.5, 0.6) is 0 Å². The molecule has 1 aromatic carbocycles. The highest BCUT2D eigenvalue weighted by atomic mass is 79.9. The Morgan fingerprint density at radius 3 is 2.75 bits per heavy atom. The van der Waals surface area contributed by atoms with Crippen LogP contribution in [0.25, 0.3) is 0 Å². The first-order chi connectivity index (χ1) is 7.56. The quantitative estimate of drug-likeness (QED) is 0.660. The third-order valence-corrected chi connectivity index (χ3v) is 3.12. The molecule has 0 aliphatic heterocycles. The Labute approximate surface area is 101 Å². The highest BCUT2D eigenvalue weighted by Gasteiger charge is 2.28. The summed E-state index contributed by atoms with van der Waals surface area (Å²) in [5, 5.41) is 23.0. The van der Waals surface area contributed by atoms with Crippen LogP contribution in [0.2, 0.25) is 0 Å². The third kappa shape index (κ3) is 2.33. The van der Waals surface area contributed by atoms with E-state index in [2.05, 4.69) is 21.2 Å². The predicted molar refractivity (Wildman–Crippen MR) is 63.4 cm³/mol. The molecule has 0 atom stereocenters. The Morgan fingerprint density at radius 1 is 1.50 bits per heavy atom. The zero-order chi connectivity index (χ0) is 11.7. The Balaban J connectivity index is 2.16. The highest BCUT2D eigenvalue weighted by Crippen LogP contribution is 2.31. The van der Waals surface area contributed by atoms with Crippen LogP contribution in [0.4, 0.5) is 11.4 Å². The van der Waals surface area contributed by atoms with Gasteiger partial charge in [-0.2, -0.15) is 0 Å².